The van der Waals surface area contributed by atoms with Crippen LogP contribution in [0.3, 0.4) is 0 Å². The number of rotatable bonds is 5. The molecule has 0 heterocycles. The third kappa shape index (κ3) is 5.34. The lowest BCUT2D eigenvalue weighted by atomic mass is 10.1. The number of carbonyl (C=O) groups is 1. The number of hydrogen-bond donors (Lipinski definition) is 0. The van der Waals surface area contributed by atoms with E-state index in [1.807, 2.05) is 38.1 Å². The molecule has 0 unspecified atom stereocenters. The number of hydrogen-bond acceptors (Lipinski definition) is 2. The molecule has 92 valence electrons. The molecule has 0 aliphatic heterocycles. The maximum absolute atomic E-state index is 11.5. The summed E-state index contributed by atoms with van der Waals surface area (Å²) in [4.78, 5) is 11.5. The SMILES string of the molecule is CC(=CCCc1ccccc1)C(=O)OC(C)C. The van der Waals surface area contributed by atoms with Gasteiger partial charge in [-0.2, -0.15) is 0 Å². The van der Waals surface area contributed by atoms with Crippen LogP contribution in [0.15, 0.2) is 42.0 Å². The number of carbonyl (C=O) groups excluding carboxylic acids is 1. The van der Waals surface area contributed by atoms with E-state index in [4.69, 9.17) is 4.74 Å². The van der Waals surface area contributed by atoms with Crippen molar-refractivity contribution in [2.45, 2.75) is 39.7 Å². The first kappa shape index (κ1) is 13.5. The van der Waals surface area contributed by atoms with Gasteiger partial charge in [-0.25, -0.2) is 4.79 Å². The highest BCUT2D eigenvalue weighted by Gasteiger charge is 2.06. The number of allylic oxidation sites excluding steroid dienone is 1. The van der Waals surface area contributed by atoms with Crippen LogP contribution in [0.5, 0.6) is 0 Å². The molecule has 0 spiro atoms. The fraction of sp³-hybridized carbons (Fsp3) is 0.400. The summed E-state index contributed by atoms with van der Waals surface area (Å²) in [6.07, 6.45) is 3.70. The zero-order chi connectivity index (χ0) is 12.7. The van der Waals surface area contributed by atoms with Gasteiger partial charge < -0.3 is 4.74 Å². The molecule has 0 saturated carbocycles. The van der Waals surface area contributed by atoms with Crippen molar-refractivity contribution >= 4 is 5.97 Å². The second kappa shape index (κ2) is 6.89. The van der Waals surface area contributed by atoms with E-state index in [0.29, 0.717) is 5.57 Å². The minimum Gasteiger partial charge on any atom is -0.460 e. The third-order valence-electron chi connectivity index (χ3n) is 2.39. The van der Waals surface area contributed by atoms with E-state index in [1.165, 1.54) is 5.56 Å². The van der Waals surface area contributed by atoms with Gasteiger partial charge >= 0.3 is 5.97 Å². The molecule has 0 aromatic heterocycles. The summed E-state index contributed by atoms with van der Waals surface area (Å²) < 4.78 is 5.11. The van der Waals surface area contributed by atoms with E-state index in [0.717, 1.165) is 12.8 Å². The Balaban J connectivity index is 2.41. The predicted octanol–water partition coefficient (Wildman–Crippen LogP) is 3.52. The van der Waals surface area contributed by atoms with E-state index in [-0.39, 0.29) is 12.1 Å². The van der Waals surface area contributed by atoms with Crippen molar-refractivity contribution in [1.29, 1.82) is 0 Å². The molecule has 0 fully saturated rings. The highest BCUT2D eigenvalue weighted by atomic mass is 16.5. The molecule has 0 radical (unpaired) electrons. The minimum absolute atomic E-state index is 0.0556. The first-order chi connectivity index (χ1) is 8.09. The smallest absolute Gasteiger partial charge is 0.333 e. The van der Waals surface area contributed by atoms with Gasteiger partial charge in [-0.1, -0.05) is 36.4 Å². The molecule has 2 nitrogen and oxygen atoms in total. The first-order valence-corrected chi connectivity index (χ1v) is 6.01. The van der Waals surface area contributed by atoms with E-state index in [2.05, 4.69) is 12.1 Å². The number of benzene rings is 1. The quantitative estimate of drug-likeness (QED) is 0.573. The van der Waals surface area contributed by atoms with Gasteiger partial charge in [0.25, 0.3) is 0 Å². The molecule has 1 rings (SSSR count). The first-order valence-electron chi connectivity index (χ1n) is 6.01. The maximum Gasteiger partial charge on any atom is 0.333 e. The standard InChI is InChI=1S/C15H20O2/c1-12(2)17-15(16)13(3)8-7-11-14-9-5-4-6-10-14/h4-6,8-10,12H,7,11H2,1-3H3. The van der Waals surface area contributed by atoms with Crippen LogP contribution in [0.2, 0.25) is 0 Å². The van der Waals surface area contributed by atoms with Gasteiger partial charge in [0.2, 0.25) is 0 Å². The molecule has 2 heteroatoms. The Labute approximate surface area is 103 Å². The maximum atomic E-state index is 11.5. The molecule has 0 bridgehead atoms. The summed E-state index contributed by atoms with van der Waals surface area (Å²) in [5.41, 5.74) is 1.98. The fourth-order valence-corrected chi connectivity index (χ4v) is 1.49. The van der Waals surface area contributed by atoms with Crippen molar-refractivity contribution in [3.8, 4) is 0 Å². The average molecular weight is 232 g/mol. The molecule has 0 amide bonds. The van der Waals surface area contributed by atoms with Crippen LogP contribution in [0.25, 0.3) is 0 Å². The molecule has 17 heavy (non-hydrogen) atoms. The van der Waals surface area contributed by atoms with Crippen molar-refractivity contribution in [2.24, 2.45) is 0 Å². The van der Waals surface area contributed by atoms with Crippen molar-refractivity contribution < 1.29 is 9.53 Å². The molecule has 0 atom stereocenters. The Hall–Kier alpha value is -1.57. The Morgan fingerprint density at radius 1 is 1.29 bits per heavy atom. The summed E-state index contributed by atoms with van der Waals surface area (Å²) in [6, 6.07) is 10.2. The molecule has 0 N–H and O–H groups in total. The highest BCUT2D eigenvalue weighted by Crippen LogP contribution is 2.06. The van der Waals surface area contributed by atoms with Crippen LogP contribution < -0.4 is 0 Å². The third-order valence-corrected chi connectivity index (χ3v) is 2.39. The van der Waals surface area contributed by atoms with E-state index >= 15 is 0 Å². The van der Waals surface area contributed by atoms with Gasteiger partial charge in [0.1, 0.15) is 0 Å². The number of ether oxygens (including phenoxy) is 1. The monoisotopic (exact) mass is 232 g/mol. The second-order valence-electron chi connectivity index (χ2n) is 4.37. The van der Waals surface area contributed by atoms with Gasteiger partial charge in [0.05, 0.1) is 6.10 Å². The molecule has 0 aliphatic carbocycles. The second-order valence-corrected chi connectivity index (χ2v) is 4.37. The van der Waals surface area contributed by atoms with Gasteiger partial charge in [-0.15, -0.1) is 0 Å². The van der Waals surface area contributed by atoms with Crippen LogP contribution in [-0.4, -0.2) is 12.1 Å². The van der Waals surface area contributed by atoms with Gasteiger partial charge in [0, 0.05) is 5.57 Å². The zero-order valence-electron chi connectivity index (χ0n) is 10.8. The van der Waals surface area contributed by atoms with Crippen molar-refractivity contribution in [3.05, 3.63) is 47.5 Å². The Bertz CT molecular complexity index is 377. The van der Waals surface area contributed by atoms with E-state index in [1.54, 1.807) is 6.92 Å². The van der Waals surface area contributed by atoms with Crippen LogP contribution in [-0.2, 0) is 16.0 Å². The molecule has 0 aliphatic rings. The van der Waals surface area contributed by atoms with Crippen molar-refractivity contribution in [2.75, 3.05) is 0 Å². The Morgan fingerprint density at radius 3 is 2.53 bits per heavy atom. The summed E-state index contributed by atoms with van der Waals surface area (Å²) in [5.74, 6) is -0.215. The van der Waals surface area contributed by atoms with E-state index in [9.17, 15) is 4.79 Å². The highest BCUT2D eigenvalue weighted by molar-refractivity contribution is 5.87. The zero-order valence-corrected chi connectivity index (χ0v) is 10.8. The minimum atomic E-state index is -0.215. The van der Waals surface area contributed by atoms with Crippen LogP contribution >= 0.6 is 0 Å². The lowest BCUT2D eigenvalue weighted by Crippen LogP contribution is -2.12. The van der Waals surface area contributed by atoms with Crippen LogP contribution in [0.1, 0.15) is 32.8 Å². The van der Waals surface area contributed by atoms with Crippen LogP contribution in [0, 0.1) is 0 Å². The average Bonchev–Trinajstić information content (AvgIpc) is 2.29. The topological polar surface area (TPSA) is 26.3 Å². The number of aryl methyl sites for hydroxylation is 1. The Morgan fingerprint density at radius 2 is 1.94 bits per heavy atom. The molecular weight excluding hydrogens is 212 g/mol. The van der Waals surface area contributed by atoms with Gasteiger partial charge in [0.15, 0.2) is 0 Å². The molecular formula is C15H20O2. The van der Waals surface area contributed by atoms with Gasteiger partial charge in [-0.05, 0) is 39.2 Å². The largest absolute Gasteiger partial charge is 0.460 e. The molecule has 0 saturated heterocycles. The van der Waals surface area contributed by atoms with Crippen molar-refractivity contribution in [1.82, 2.24) is 0 Å². The molecule has 1 aromatic carbocycles. The summed E-state index contributed by atoms with van der Waals surface area (Å²) in [6.45, 7) is 5.51. The predicted molar refractivity (Wildman–Crippen MR) is 69.7 cm³/mol. The molecule has 1 aromatic rings. The fourth-order valence-electron chi connectivity index (χ4n) is 1.49. The number of esters is 1. The lowest BCUT2D eigenvalue weighted by Gasteiger charge is -2.07. The summed E-state index contributed by atoms with van der Waals surface area (Å²) in [5, 5.41) is 0. The van der Waals surface area contributed by atoms with Gasteiger partial charge in [-0.3, -0.25) is 0 Å². The summed E-state index contributed by atoms with van der Waals surface area (Å²) >= 11 is 0. The van der Waals surface area contributed by atoms with Crippen molar-refractivity contribution in [3.63, 3.8) is 0 Å². The summed E-state index contributed by atoms with van der Waals surface area (Å²) in [7, 11) is 0. The Kier molecular flexibility index (Phi) is 5.47. The lowest BCUT2D eigenvalue weighted by molar-refractivity contribution is -0.142. The van der Waals surface area contributed by atoms with E-state index < -0.39 is 0 Å². The normalized spacial score (nSPS) is 11.6. The van der Waals surface area contributed by atoms with Crippen LogP contribution in [0.4, 0.5) is 0 Å².